The van der Waals surface area contributed by atoms with E-state index in [-0.39, 0.29) is 5.41 Å². The number of anilines is 3. The van der Waals surface area contributed by atoms with Crippen molar-refractivity contribution in [2.45, 2.75) is 19.3 Å². The first-order valence-electron chi connectivity index (χ1n) is 20.7. The van der Waals surface area contributed by atoms with Crippen LogP contribution in [0.2, 0.25) is 0 Å². The van der Waals surface area contributed by atoms with Crippen molar-refractivity contribution in [3.63, 3.8) is 0 Å². The molecule has 0 bridgehead atoms. The van der Waals surface area contributed by atoms with Crippen molar-refractivity contribution in [1.29, 1.82) is 0 Å². The van der Waals surface area contributed by atoms with Crippen LogP contribution in [0.4, 0.5) is 17.1 Å². The molecule has 3 heteroatoms. The van der Waals surface area contributed by atoms with Crippen molar-refractivity contribution in [2.75, 3.05) is 4.90 Å². The average Bonchev–Trinajstić information content (AvgIpc) is 3.93. The third kappa shape index (κ3) is 5.29. The van der Waals surface area contributed by atoms with Gasteiger partial charge in [-0.1, -0.05) is 172 Å². The molecule has 0 aliphatic heterocycles. The molecule has 9 aromatic carbocycles. The van der Waals surface area contributed by atoms with Crippen LogP contribution in [0.3, 0.4) is 0 Å². The number of furan rings is 2. The van der Waals surface area contributed by atoms with Crippen molar-refractivity contribution in [3.05, 3.63) is 211 Å². The van der Waals surface area contributed by atoms with Crippen LogP contribution in [0.5, 0.6) is 0 Å². The lowest BCUT2D eigenvalue weighted by molar-refractivity contribution is 0.660. The van der Waals surface area contributed by atoms with Crippen LogP contribution in [-0.2, 0) is 5.41 Å². The predicted octanol–water partition coefficient (Wildman–Crippen LogP) is 16.3. The van der Waals surface area contributed by atoms with Crippen molar-refractivity contribution in [1.82, 2.24) is 0 Å². The van der Waals surface area contributed by atoms with E-state index in [4.69, 9.17) is 8.83 Å². The molecule has 2 heterocycles. The second kappa shape index (κ2) is 13.2. The zero-order chi connectivity index (χ0) is 40.0. The van der Waals surface area contributed by atoms with Gasteiger partial charge < -0.3 is 13.7 Å². The quantitative estimate of drug-likeness (QED) is 0.169. The highest BCUT2D eigenvalue weighted by Gasteiger charge is 2.36. The molecule has 11 aromatic rings. The van der Waals surface area contributed by atoms with Gasteiger partial charge in [0.1, 0.15) is 16.7 Å². The smallest absolute Gasteiger partial charge is 0.159 e. The number of benzene rings is 9. The summed E-state index contributed by atoms with van der Waals surface area (Å²) in [7, 11) is 0. The third-order valence-corrected chi connectivity index (χ3v) is 12.7. The van der Waals surface area contributed by atoms with Gasteiger partial charge in [-0.15, -0.1) is 0 Å². The lowest BCUT2D eigenvalue weighted by Gasteiger charge is -2.28. The summed E-state index contributed by atoms with van der Waals surface area (Å²) in [6.07, 6.45) is 0. The van der Waals surface area contributed by atoms with Crippen LogP contribution in [0.15, 0.2) is 209 Å². The highest BCUT2D eigenvalue weighted by atomic mass is 16.3. The summed E-state index contributed by atoms with van der Waals surface area (Å²) in [5.74, 6) is 0. The third-order valence-electron chi connectivity index (χ3n) is 12.7. The van der Waals surface area contributed by atoms with Crippen LogP contribution in [0.25, 0.3) is 88.4 Å². The van der Waals surface area contributed by atoms with Crippen LogP contribution in [0, 0.1) is 0 Å². The van der Waals surface area contributed by atoms with Crippen LogP contribution < -0.4 is 4.90 Å². The summed E-state index contributed by atoms with van der Waals surface area (Å²) < 4.78 is 13.7. The Kier molecular flexibility index (Phi) is 7.58. The minimum atomic E-state index is -0.154. The van der Waals surface area contributed by atoms with Crippen LogP contribution in [0.1, 0.15) is 25.0 Å². The highest BCUT2D eigenvalue weighted by Crippen LogP contribution is 2.52. The van der Waals surface area contributed by atoms with E-state index in [0.717, 1.165) is 83.2 Å². The lowest BCUT2D eigenvalue weighted by Crippen LogP contribution is -2.16. The largest absolute Gasteiger partial charge is 0.455 e. The monoisotopic (exact) mass is 769 g/mol. The van der Waals surface area contributed by atoms with E-state index < -0.39 is 0 Å². The van der Waals surface area contributed by atoms with E-state index in [0.29, 0.717) is 0 Å². The molecule has 0 atom stereocenters. The van der Waals surface area contributed by atoms with Gasteiger partial charge in [-0.25, -0.2) is 0 Å². The van der Waals surface area contributed by atoms with Crippen molar-refractivity contribution >= 4 is 60.9 Å². The van der Waals surface area contributed by atoms with Gasteiger partial charge in [0.25, 0.3) is 0 Å². The molecule has 12 rings (SSSR count). The Morgan fingerprint density at radius 1 is 0.350 bits per heavy atom. The van der Waals surface area contributed by atoms with Crippen molar-refractivity contribution < 1.29 is 8.83 Å². The van der Waals surface area contributed by atoms with E-state index >= 15 is 0 Å². The number of hydrogen-bond acceptors (Lipinski definition) is 3. The number of nitrogens with zero attached hydrogens (tertiary/aromatic N) is 1. The Morgan fingerprint density at radius 2 is 0.883 bits per heavy atom. The second-order valence-corrected chi connectivity index (χ2v) is 16.5. The SMILES string of the molecule is CC1(C)c2ccccc2-c2ccc(N(c3cccc(-c4ccc(-c5ccccc5)cc4)c3)c3cccc4c3oc3cc5c(cc34)oc3c(-c4ccccc4)cccc35)cc21. The van der Waals surface area contributed by atoms with Gasteiger partial charge >= 0.3 is 0 Å². The minimum Gasteiger partial charge on any atom is -0.455 e. The molecule has 0 saturated heterocycles. The van der Waals surface area contributed by atoms with Gasteiger partial charge in [-0.2, -0.15) is 0 Å². The fourth-order valence-electron chi connectivity index (χ4n) is 9.66. The normalized spacial score (nSPS) is 13.0. The Morgan fingerprint density at radius 3 is 1.63 bits per heavy atom. The average molecular weight is 770 g/mol. The molecule has 3 nitrogen and oxygen atoms in total. The zero-order valence-electron chi connectivity index (χ0n) is 33.3. The molecular formula is C57H39NO2. The first kappa shape index (κ1) is 34.4. The molecule has 1 aliphatic carbocycles. The molecule has 0 fully saturated rings. The van der Waals surface area contributed by atoms with E-state index in [1.165, 1.54) is 33.4 Å². The Bertz CT molecular complexity index is 3450. The number of fused-ring (bicyclic) bond motifs is 9. The van der Waals surface area contributed by atoms with E-state index in [9.17, 15) is 0 Å². The van der Waals surface area contributed by atoms with Crippen LogP contribution in [-0.4, -0.2) is 0 Å². The topological polar surface area (TPSA) is 29.5 Å². The zero-order valence-corrected chi connectivity index (χ0v) is 33.3. The summed E-state index contributed by atoms with van der Waals surface area (Å²) >= 11 is 0. The van der Waals surface area contributed by atoms with Crippen molar-refractivity contribution in [2.24, 2.45) is 0 Å². The molecule has 0 N–H and O–H groups in total. The molecule has 1 aliphatic rings. The van der Waals surface area contributed by atoms with Gasteiger partial charge in [0.15, 0.2) is 5.58 Å². The number of hydrogen-bond donors (Lipinski definition) is 0. The van der Waals surface area contributed by atoms with E-state index in [1.807, 2.05) is 6.07 Å². The maximum absolute atomic E-state index is 7.02. The fourth-order valence-corrected chi connectivity index (χ4v) is 9.66. The van der Waals surface area contributed by atoms with Gasteiger partial charge in [0, 0.05) is 43.9 Å². The maximum atomic E-state index is 7.02. The summed E-state index contributed by atoms with van der Waals surface area (Å²) in [5, 5.41) is 4.18. The number of rotatable bonds is 6. The van der Waals surface area contributed by atoms with Gasteiger partial charge in [-0.3, -0.25) is 0 Å². The molecule has 60 heavy (non-hydrogen) atoms. The van der Waals surface area contributed by atoms with Crippen LogP contribution >= 0.6 is 0 Å². The predicted molar refractivity (Wildman–Crippen MR) is 250 cm³/mol. The standard InChI is InChI=1S/C57H39NO2/c1-57(2)50-24-10-9-20-44(50)45-31-30-42(33-51(45)57)58(41-19-11-18-40(32-41)38-28-26-37(27-29-38)36-14-5-3-6-15-36)52-25-13-23-47-49-35-53-48(34-54(49)60-56(47)52)46-22-12-21-43(55(46)59-53)39-16-7-4-8-17-39/h3-35H,1-2H3. The van der Waals surface area contributed by atoms with Gasteiger partial charge in [0.2, 0.25) is 0 Å². The van der Waals surface area contributed by atoms with Crippen molar-refractivity contribution in [3.8, 4) is 44.5 Å². The fraction of sp³-hybridized carbons (Fsp3) is 0.0526. The Hall–Kier alpha value is -7.62. The summed E-state index contributed by atoms with van der Waals surface area (Å²) in [6, 6.07) is 71.7. The first-order chi connectivity index (χ1) is 29.5. The molecule has 0 saturated carbocycles. The van der Waals surface area contributed by atoms with E-state index in [2.05, 4.69) is 213 Å². The minimum absolute atomic E-state index is 0.154. The van der Waals surface area contributed by atoms with Gasteiger partial charge in [0.05, 0.1) is 5.69 Å². The second-order valence-electron chi connectivity index (χ2n) is 16.5. The number of para-hydroxylation sites is 2. The van der Waals surface area contributed by atoms with Gasteiger partial charge in [-0.05, 0) is 92.5 Å². The first-order valence-corrected chi connectivity index (χ1v) is 20.7. The summed E-state index contributed by atoms with van der Waals surface area (Å²) in [6.45, 7) is 4.68. The molecule has 0 unspecified atom stereocenters. The molecule has 0 spiro atoms. The molecular weight excluding hydrogens is 731 g/mol. The molecule has 2 aromatic heterocycles. The molecule has 284 valence electrons. The Labute approximate surface area is 348 Å². The highest BCUT2D eigenvalue weighted by molar-refractivity contribution is 6.18. The molecule has 0 radical (unpaired) electrons. The van der Waals surface area contributed by atoms with E-state index in [1.54, 1.807) is 0 Å². The molecule has 0 amide bonds. The summed E-state index contributed by atoms with van der Waals surface area (Å²) in [4.78, 5) is 2.37. The Balaban J connectivity index is 1.04. The maximum Gasteiger partial charge on any atom is 0.159 e. The lowest BCUT2D eigenvalue weighted by atomic mass is 9.82. The summed E-state index contributed by atoms with van der Waals surface area (Å²) in [5.41, 5.74) is 18.5.